The maximum absolute atomic E-state index is 5.71. The number of benzene rings is 2. The van der Waals surface area contributed by atoms with E-state index in [0.717, 1.165) is 87.7 Å². The first-order chi connectivity index (χ1) is 27.4. The highest BCUT2D eigenvalue weighted by Gasteiger charge is 2.28. The number of rotatable bonds is 13. The molecule has 5 heterocycles. The quantitative estimate of drug-likeness (QED) is 0.126. The molecule has 4 heteroatoms. The van der Waals surface area contributed by atoms with E-state index in [1.807, 2.05) is 0 Å². The van der Waals surface area contributed by atoms with Crippen LogP contribution in [0.1, 0.15) is 151 Å². The van der Waals surface area contributed by atoms with Crippen molar-refractivity contribution >= 4 is 44.4 Å². The summed E-state index contributed by atoms with van der Waals surface area (Å²) in [7, 11) is 0. The highest BCUT2D eigenvalue weighted by Crippen LogP contribution is 2.46. The van der Waals surface area contributed by atoms with E-state index in [2.05, 4.69) is 139 Å². The van der Waals surface area contributed by atoms with Crippen molar-refractivity contribution < 1.29 is 0 Å². The fourth-order valence-electron chi connectivity index (χ4n) is 9.83. The van der Waals surface area contributed by atoms with E-state index < -0.39 is 0 Å². The third kappa shape index (κ3) is 6.59. The van der Waals surface area contributed by atoms with Crippen LogP contribution in [0.25, 0.3) is 66.6 Å². The predicted molar refractivity (Wildman–Crippen MR) is 243 cm³/mol. The van der Waals surface area contributed by atoms with Crippen LogP contribution >= 0.6 is 0 Å². The molecule has 8 bridgehead atoms. The third-order valence-electron chi connectivity index (χ3n) is 12.4. The normalized spacial score (nSPS) is 13.0. The molecule has 0 spiro atoms. The highest BCUT2D eigenvalue weighted by molar-refractivity contribution is 6.05. The number of allylic oxidation sites excluding steroid dienone is 4. The van der Waals surface area contributed by atoms with Crippen molar-refractivity contribution in [1.82, 2.24) is 19.9 Å². The molecule has 7 rings (SSSR count). The molecule has 290 valence electrons. The molecule has 0 atom stereocenters. The molecule has 0 amide bonds. The Morgan fingerprint density at radius 3 is 1.29 bits per heavy atom. The number of nitrogens with one attached hydrogen (secondary N) is 2. The summed E-state index contributed by atoms with van der Waals surface area (Å²) in [5.74, 6) is 0. The van der Waals surface area contributed by atoms with Crippen LogP contribution in [0.3, 0.4) is 0 Å². The zero-order valence-corrected chi connectivity index (χ0v) is 35.5. The van der Waals surface area contributed by atoms with Crippen LogP contribution in [0.2, 0.25) is 0 Å². The molecule has 2 aromatic carbocycles. The third-order valence-corrected chi connectivity index (χ3v) is 12.4. The van der Waals surface area contributed by atoms with E-state index >= 15 is 0 Å². The first-order valence-electron chi connectivity index (χ1n) is 21.8. The van der Waals surface area contributed by atoms with Crippen LogP contribution in [0.5, 0.6) is 0 Å². The number of hydrogen-bond donors (Lipinski definition) is 2. The number of H-pyrrole nitrogens is 2. The summed E-state index contributed by atoms with van der Waals surface area (Å²) in [4.78, 5) is 19.9. The lowest BCUT2D eigenvalue weighted by molar-refractivity contribution is 0.793. The van der Waals surface area contributed by atoms with E-state index in [1.54, 1.807) is 0 Å². The van der Waals surface area contributed by atoms with Crippen LogP contribution in [0.15, 0.2) is 66.7 Å². The second-order valence-electron chi connectivity index (χ2n) is 15.3. The highest BCUT2D eigenvalue weighted by atomic mass is 14.8. The van der Waals surface area contributed by atoms with Gasteiger partial charge in [0.15, 0.2) is 0 Å². The number of fused-ring (bicyclic) bond motifs is 8. The van der Waals surface area contributed by atoms with Crippen molar-refractivity contribution in [3.05, 3.63) is 117 Å². The Labute approximate surface area is 335 Å². The summed E-state index contributed by atoms with van der Waals surface area (Å²) >= 11 is 0. The Morgan fingerprint density at radius 2 is 0.821 bits per heavy atom. The lowest BCUT2D eigenvalue weighted by Gasteiger charge is -2.10. The molecule has 0 radical (unpaired) electrons. The average Bonchev–Trinajstić information content (AvgIpc) is 3.98. The van der Waals surface area contributed by atoms with Crippen LogP contribution in [0, 0.1) is 0 Å². The molecule has 4 nitrogen and oxygen atoms in total. The molecule has 0 fully saturated rings. The van der Waals surface area contributed by atoms with Crippen molar-refractivity contribution in [2.45, 2.75) is 133 Å². The number of unbranched alkanes of at least 4 members (excludes halogenated alkanes) is 1. The van der Waals surface area contributed by atoms with E-state index in [0.29, 0.717) is 0 Å². The Morgan fingerprint density at radius 1 is 0.411 bits per heavy atom. The van der Waals surface area contributed by atoms with Crippen molar-refractivity contribution in [3.63, 3.8) is 0 Å². The molecule has 0 aliphatic carbocycles. The SMILES string of the molecule is CCCCc1c2nc(cc3nc(c(-c4ccccc4)c4[nH]c(c(CC)c4CC)c(-c4ccccc4)c4[nH]c1c(CC)c4CC)C(CC)=C3CC)C(CC)=C2CC. The molecule has 0 unspecified atom stereocenters. The predicted octanol–water partition coefficient (Wildman–Crippen LogP) is 14.7. The van der Waals surface area contributed by atoms with Gasteiger partial charge in [0.25, 0.3) is 0 Å². The zero-order chi connectivity index (χ0) is 39.5. The summed E-state index contributed by atoms with van der Waals surface area (Å²) in [6.45, 7) is 20.8. The fourth-order valence-corrected chi connectivity index (χ4v) is 9.83. The molecule has 5 aromatic rings. The second-order valence-corrected chi connectivity index (χ2v) is 15.3. The van der Waals surface area contributed by atoms with Crippen molar-refractivity contribution in [2.75, 3.05) is 0 Å². The largest absolute Gasteiger partial charge is 0.354 e. The van der Waals surface area contributed by atoms with E-state index in [1.165, 1.54) is 100 Å². The van der Waals surface area contributed by atoms with Gasteiger partial charge in [-0.25, -0.2) is 9.97 Å². The lowest BCUT2D eigenvalue weighted by atomic mass is 9.92. The minimum atomic E-state index is 0.910. The van der Waals surface area contributed by atoms with Gasteiger partial charge < -0.3 is 9.97 Å². The molecule has 56 heavy (non-hydrogen) atoms. The van der Waals surface area contributed by atoms with Crippen LogP contribution in [0.4, 0.5) is 0 Å². The Hall–Kier alpha value is -4.96. The standard InChI is InChI=1S/C52H62N4/c1-10-19-30-42-47-36(13-4)34(11-2)43(53-47)31-44-35(12-3)37(14-5)49(54-44)45(32-26-22-20-23-27-32)51-40(17-8)41(18-9)52(56-51)46(33-28-24-21-25-29-33)50-39(16-7)38(15-6)48(42)55-50/h20-29,31,55-56H,10-19,30H2,1-9H3. The summed E-state index contributed by atoms with van der Waals surface area (Å²) in [6, 6.07) is 24.5. The zero-order valence-electron chi connectivity index (χ0n) is 35.5. The molecule has 2 aliphatic rings. The van der Waals surface area contributed by atoms with Gasteiger partial charge in [0.2, 0.25) is 0 Å². The number of hydrogen-bond acceptors (Lipinski definition) is 2. The summed E-state index contributed by atoms with van der Waals surface area (Å²) in [6.07, 6.45) is 10.7. The van der Waals surface area contributed by atoms with Gasteiger partial charge in [0, 0.05) is 22.2 Å². The molecule has 2 N–H and O–H groups in total. The monoisotopic (exact) mass is 742 g/mol. The lowest BCUT2D eigenvalue weighted by Crippen LogP contribution is -1.97. The molecule has 2 aliphatic heterocycles. The van der Waals surface area contributed by atoms with Crippen molar-refractivity contribution in [1.29, 1.82) is 0 Å². The van der Waals surface area contributed by atoms with Gasteiger partial charge in [-0.05, 0) is 126 Å². The Kier molecular flexibility index (Phi) is 12.0. The summed E-state index contributed by atoms with van der Waals surface area (Å²) in [5, 5.41) is 0. The van der Waals surface area contributed by atoms with Crippen molar-refractivity contribution in [2.24, 2.45) is 0 Å². The van der Waals surface area contributed by atoms with Gasteiger partial charge in [0.1, 0.15) is 0 Å². The van der Waals surface area contributed by atoms with Gasteiger partial charge in [-0.3, -0.25) is 0 Å². The molecule has 3 aromatic heterocycles. The smallest absolute Gasteiger partial charge is 0.0771 e. The Balaban J connectivity index is 1.88. The summed E-state index contributed by atoms with van der Waals surface area (Å²) in [5.41, 5.74) is 26.7. The van der Waals surface area contributed by atoms with E-state index in [-0.39, 0.29) is 0 Å². The number of aromatic amines is 2. The number of aryl methyl sites for hydroxylation is 5. The topological polar surface area (TPSA) is 57.4 Å². The van der Waals surface area contributed by atoms with Gasteiger partial charge in [-0.1, -0.05) is 129 Å². The van der Waals surface area contributed by atoms with E-state index in [4.69, 9.17) is 9.97 Å². The van der Waals surface area contributed by atoms with Gasteiger partial charge in [-0.2, -0.15) is 0 Å². The van der Waals surface area contributed by atoms with Crippen molar-refractivity contribution in [3.8, 4) is 22.3 Å². The molecule has 0 saturated heterocycles. The fraction of sp³-hybridized carbons (Fsp3) is 0.385. The maximum atomic E-state index is 5.71. The van der Waals surface area contributed by atoms with Crippen LogP contribution < -0.4 is 0 Å². The van der Waals surface area contributed by atoms with Gasteiger partial charge >= 0.3 is 0 Å². The first-order valence-corrected chi connectivity index (χ1v) is 21.8. The van der Waals surface area contributed by atoms with Crippen LogP contribution in [-0.4, -0.2) is 19.9 Å². The van der Waals surface area contributed by atoms with Gasteiger partial charge in [0.05, 0.1) is 39.3 Å². The van der Waals surface area contributed by atoms with E-state index in [9.17, 15) is 0 Å². The number of aromatic nitrogens is 4. The number of nitrogens with zero attached hydrogens (tertiary/aromatic N) is 2. The summed E-state index contributed by atoms with van der Waals surface area (Å²) < 4.78 is 0. The van der Waals surface area contributed by atoms with Crippen LogP contribution in [-0.2, 0) is 32.1 Å². The first kappa shape index (κ1) is 39.3. The molecular formula is C52H62N4. The molecule has 0 saturated carbocycles. The minimum absolute atomic E-state index is 0.910. The minimum Gasteiger partial charge on any atom is -0.354 e. The average molecular weight is 743 g/mol. The molecular weight excluding hydrogens is 681 g/mol. The van der Waals surface area contributed by atoms with Gasteiger partial charge in [-0.15, -0.1) is 0 Å². The second kappa shape index (κ2) is 17.0. The Bertz CT molecular complexity index is 2470. The maximum Gasteiger partial charge on any atom is 0.0771 e.